The van der Waals surface area contributed by atoms with Gasteiger partial charge in [-0.05, 0) is 0 Å². The van der Waals surface area contributed by atoms with Crippen LogP contribution in [-0.4, -0.2) is 21.8 Å². The summed E-state index contributed by atoms with van der Waals surface area (Å²) in [5.74, 6) is -0.165. The van der Waals surface area contributed by atoms with Crippen LogP contribution in [-0.2, 0) is 11.3 Å². The molecule has 2 rings (SSSR count). The van der Waals surface area contributed by atoms with Gasteiger partial charge >= 0.3 is 0 Å². The van der Waals surface area contributed by atoms with E-state index < -0.39 is 0 Å². The third kappa shape index (κ3) is 3.34. The summed E-state index contributed by atoms with van der Waals surface area (Å²) < 4.78 is 1.93. The molecule has 8 heteroatoms. The summed E-state index contributed by atoms with van der Waals surface area (Å²) in [6.07, 6.45) is 3.82. The number of thiazole rings is 1. The van der Waals surface area contributed by atoms with Crippen LogP contribution in [0.15, 0.2) is 17.8 Å². The molecule has 2 heterocycles. The van der Waals surface area contributed by atoms with Crippen molar-refractivity contribution in [1.29, 1.82) is 0 Å². The molecule has 0 unspecified atom stereocenters. The van der Waals surface area contributed by atoms with Crippen LogP contribution < -0.4 is 11.1 Å². The first-order valence-electron chi connectivity index (χ1n) is 4.17. The fourth-order valence-electron chi connectivity index (χ4n) is 1.12. The fraction of sp³-hybridized carbons (Fsp3) is 0.250. The number of rotatable bonds is 3. The Morgan fingerprint density at radius 3 is 2.94 bits per heavy atom. The van der Waals surface area contributed by atoms with Crippen molar-refractivity contribution in [3.63, 3.8) is 0 Å². The molecule has 0 spiro atoms. The first kappa shape index (κ1) is 15.2. The second-order valence-corrected chi connectivity index (χ2v) is 3.68. The lowest BCUT2D eigenvalue weighted by atomic mass is 10.4. The van der Waals surface area contributed by atoms with Crippen LogP contribution in [0.5, 0.6) is 0 Å². The number of carbonyl (C=O) groups excluding carboxylic acids is 1. The first-order chi connectivity index (χ1) is 6.79. The van der Waals surface area contributed by atoms with Crippen LogP contribution >= 0.6 is 36.2 Å². The molecule has 0 aliphatic rings. The van der Waals surface area contributed by atoms with E-state index >= 15 is 0 Å². The number of nitrogens with one attached hydrogen (secondary N) is 1. The molecule has 0 bridgehead atoms. The van der Waals surface area contributed by atoms with Gasteiger partial charge in [0.25, 0.3) is 0 Å². The van der Waals surface area contributed by atoms with E-state index in [-0.39, 0.29) is 37.3 Å². The third-order valence-electron chi connectivity index (χ3n) is 1.80. The number of nitrogens with two attached hydrogens (primary N) is 1. The number of amides is 1. The second-order valence-electron chi connectivity index (χ2n) is 2.81. The molecule has 0 aliphatic heterocycles. The summed E-state index contributed by atoms with van der Waals surface area (Å²) in [5, 5.41) is 4.63. The monoisotopic (exact) mass is 282 g/mol. The van der Waals surface area contributed by atoms with Crippen LogP contribution in [0, 0.1) is 0 Å². The van der Waals surface area contributed by atoms with Gasteiger partial charge in [-0.1, -0.05) is 0 Å². The first-order valence-corrected chi connectivity index (χ1v) is 5.05. The number of halogens is 2. The van der Waals surface area contributed by atoms with Crippen molar-refractivity contribution in [2.45, 2.75) is 6.54 Å². The molecule has 0 fully saturated rings. The quantitative estimate of drug-likeness (QED) is 0.875. The van der Waals surface area contributed by atoms with Gasteiger partial charge in [-0.15, -0.1) is 36.2 Å². The standard InChI is InChI=1S/C8H10N4OS.2ClH/c9-3-7(13)10-4-6-5-12-1-2-14-8(12)11-6;;/h1-2,5H,3-4,9H2,(H,10,13);2*1H. The Labute approximate surface area is 109 Å². The molecular formula is C8H12Cl2N4OS. The summed E-state index contributed by atoms with van der Waals surface area (Å²) in [6, 6.07) is 0. The van der Waals surface area contributed by atoms with Gasteiger partial charge in [0.05, 0.1) is 18.8 Å². The zero-order valence-corrected chi connectivity index (χ0v) is 10.7. The maximum Gasteiger partial charge on any atom is 0.234 e. The Kier molecular flexibility index (Phi) is 6.35. The second kappa shape index (κ2) is 6.70. The van der Waals surface area contributed by atoms with Gasteiger partial charge in [0, 0.05) is 17.8 Å². The van der Waals surface area contributed by atoms with Gasteiger partial charge in [-0.25, -0.2) is 4.98 Å². The Hall–Kier alpha value is -0.820. The van der Waals surface area contributed by atoms with E-state index in [9.17, 15) is 4.79 Å². The molecule has 0 aliphatic carbocycles. The number of aromatic nitrogens is 2. The van der Waals surface area contributed by atoms with Crippen molar-refractivity contribution in [2.75, 3.05) is 6.54 Å². The molecule has 0 saturated heterocycles. The summed E-state index contributed by atoms with van der Waals surface area (Å²) in [5.41, 5.74) is 6.00. The van der Waals surface area contributed by atoms with Crippen molar-refractivity contribution in [3.05, 3.63) is 23.5 Å². The normalized spacial score (nSPS) is 9.31. The van der Waals surface area contributed by atoms with Crippen LogP contribution in [0.2, 0.25) is 0 Å². The fourth-order valence-corrected chi connectivity index (χ4v) is 1.84. The molecule has 0 atom stereocenters. The highest BCUT2D eigenvalue weighted by molar-refractivity contribution is 7.15. The minimum Gasteiger partial charge on any atom is -0.349 e. The summed E-state index contributed by atoms with van der Waals surface area (Å²) in [6.45, 7) is 0.451. The van der Waals surface area contributed by atoms with Gasteiger partial charge in [-0.2, -0.15) is 0 Å². The lowest BCUT2D eigenvalue weighted by molar-refractivity contribution is -0.119. The highest BCUT2D eigenvalue weighted by Gasteiger charge is 2.03. The number of fused-ring (bicyclic) bond motifs is 1. The van der Waals surface area contributed by atoms with Gasteiger partial charge in [-0.3, -0.25) is 9.20 Å². The zero-order valence-electron chi connectivity index (χ0n) is 8.25. The zero-order chi connectivity index (χ0) is 9.97. The summed E-state index contributed by atoms with van der Waals surface area (Å²) >= 11 is 1.56. The van der Waals surface area contributed by atoms with Crippen molar-refractivity contribution < 1.29 is 4.79 Å². The molecule has 5 nitrogen and oxygen atoms in total. The molecule has 2 aromatic heterocycles. The van der Waals surface area contributed by atoms with Crippen molar-refractivity contribution in [1.82, 2.24) is 14.7 Å². The van der Waals surface area contributed by atoms with E-state index in [2.05, 4.69) is 10.3 Å². The van der Waals surface area contributed by atoms with Gasteiger partial charge in [0.1, 0.15) is 0 Å². The molecule has 16 heavy (non-hydrogen) atoms. The van der Waals surface area contributed by atoms with Gasteiger partial charge < -0.3 is 11.1 Å². The van der Waals surface area contributed by atoms with E-state index in [0.717, 1.165) is 10.7 Å². The maximum atomic E-state index is 10.9. The minimum atomic E-state index is -0.165. The number of carbonyl (C=O) groups is 1. The van der Waals surface area contributed by atoms with Crippen LogP contribution in [0.25, 0.3) is 4.96 Å². The molecule has 90 valence electrons. The average molecular weight is 283 g/mol. The smallest absolute Gasteiger partial charge is 0.234 e. The van der Waals surface area contributed by atoms with E-state index in [4.69, 9.17) is 5.73 Å². The third-order valence-corrected chi connectivity index (χ3v) is 2.57. The Bertz CT molecular complexity index is 427. The lowest BCUT2D eigenvalue weighted by Crippen LogP contribution is -2.29. The Morgan fingerprint density at radius 1 is 1.56 bits per heavy atom. The molecule has 0 radical (unpaired) electrons. The minimum absolute atomic E-state index is 0. The average Bonchev–Trinajstić information content (AvgIpc) is 2.73. The highest BCUT2D eigenvalue weighted by Crippen LogP contribution is 2.10. The predicted octanol–water partition coefficient (Wildman–Crippen LogP) is 0.814. The topological polar surface area (TPSA) is 72.4 Å². The molecule has 0 aromatic carbocycles. The number of imidazole rings is 1. The van der Waals surface area contributed by atoms with Crippen molar-refractivity contribution in [2.24, 2.45) is 5.73 Å². The molecule has 2 aromatic rings. The van der Waals surface area contributed by atoms with Gasteiger partial charge in [0.2, 0.25) is 5.91 Å². The SMILES string of the molecule is Cl.Cl.NCC(=O)NCc1cn2ccsc2n1. The number of hydrogen-bond donors (Lipinski definition) is 2. The summed E-state index contributed by atoms with van der Waals surface area (Å²) in [4.78, 5) is 16.1. The molecule has 1 amide bonds. The van der Waals surface area contributed by atoms with E-state index in [1.807, 2.05) is 22.2 Å². The van der Waals surface area contributed by atoms with Crippen molar-refractivity contribution in [3.8, 4) is 0 Å². The number of nitrogens with zero attached hydrogens (tertiary/aromatic N) is 2. The van der Waals surface area contributed by atoms with Crippen LogP contribution in [0.3, 0.4) is 0 Å². The largest absolute Gasteiger partial charge is 0.349 e. The van der Waals surface area contributed by atoms with Gasteiger partial charge in [0.15, 0.2) is 4.96 Å². The lowest BCUT2D eigenvalue weighted by Gasteiger charge is -1.98. The molecule has 3 N–H and O–H groups in total. The van der Waals surface area contributed by atoms with E-state index in [1.165, 1.54) is 0 Å². The van der Waals surface area contributed by atoms with Crippen molar-refractivity contribution >= 4 is 47.0 Å². The highest BCUT2D eigenvalue weighted by atomic mass is 35.5. The molecular weight excluding hydrogens is 271 g/mol. The van der Waals surface area contributed by atoms with E-state index in [1.54, 1.807) is 11.3 Å². The number of hydrogen-bond acceptors (Lipinski definition) is 4. The predicted molar refractivity (Wildman–Crippen MR) is 68.5 cm³/mol. The van der Waals surface area contributed by atoms with Crippen LogP contribution in [0.4, 0.5) is 0 Å². The summed E-state index contributed by atoms with van der Waals surface area (Å²) in [7, 11) is 0. The molecule has 0 saturated carbocycles. The van der Waals surface area contributed by atoms with Crippen LogP contribution in [0.1, 0.15) is 5.69 Å². The Morgan fingerprint density at radius 2 is 2.31 bits per heavy atom. The maximum absolute atomic E-state index is 10.9. The van der Waals surface area contributed by atoms with E-state index in [0.29, 0.717) is 6.54 Å². The Balaban J connectivity index is 0.00000112.